The molecule has 0 aliphatic rings. The molecule has 0 spiro atoms. The minimum atomic E-state index is -0.0881. The molecule has 0 aliphatic heterocycles. The van der Waals surface area contributed by atoms with E-state index in [1.165, 1.54) is 0 Å². The smallest absolute Gasteiger partial charge is 0.257 e. The fraction of sp³-hybridized carbons (Fsp3) is 0.240. The molecule has 0 aliphatic carbocycles. The Kier molecular flexibility index (Phi) is 5.71. The van der Waals surface area contributed by atoms with Gasteiger partial charge >= 0.3 is 0 Å². The van der Waals surface area contributed by atoms with E-state index >= 15 is 0 Å². The molecule has 4 rings (SSSR count). The predicted octanol–water partition coefficient (Wildman–Crippen LogP) is 4.78. The van der Waals surface area contributed by atoms with Crippen LogP contribution in [0.15, 0.2) is 65.3 Å². The molecule has 31 heavy (non-hydrogen) atoms. The zero-order chi connectivity index (χ0) is 22.0. The largest absolute Gasteiger partial charge is 0.361 e. The summed E-state index contributed by atoms with van der Waals surface area (Å²) >= 11 is 0. The minimum Gasteiger partial charge on any atom is -0.361 e. The first kappa shape index (κ1) is 20.6. The van der Waals surface area contributed by atoms with Crippen molar-refractivity contribution in [1.82, 2.24) is 19.8 Å². The lowest BCUT2D eigenvalue weighted by atomic mass is 10.1. The second kappa shape index (κ2) is 8.60. The molecule has 1 amide bonds. The number of benzene rings is 2. The van der Waals surface area contributed by atoms with Gasteiger partial charge < -0.3 is 9.42 Å². The van der Waals surface area contributed by atoms with Crippen LogP contribution in [-0.2, 0) is 13.1 Å². The van der Waals surface area contributed by atoms with Gasteiger partial charge in [0.1, 0.15) is 11.5 Å². The van der Waals surface area contributed by atoms with Gasteiger partial charge in [-0.05, 0) is 26.3 Å². The molecule has 0 bridgehead atoms. The van der Waals surface area contributed by atoms with Crippen molar-refractivity contribution in [3.05, 3.63) is 94.5 Å². The standard InChI is InChI=1S/C25H26N4O2/c1-17-10-12-21(13-11-17)24-23(16-29(26-24)14-20-8-6-5-7-9-20)25(30)28(4)15-22-18(2)27-31-19(22)3/h5-13,16H,14-15H2,1-4H3. The number of hydrogen-bond donors (Lipinski definition) is 0. The van der Waals surface area contributed by atoms with Crippen LogP contribution in [0.4, 0.5) is 0 Å². The third kappa shape index (κ3) is 4.43. The van der Waals surface area contributed by atoms with Crippen molar-refractivity contribution in [2.45, 2.75) is 33.9 Å². The van der Waals surface area contributed by atoms with Crippen LogP contribution in [0.25, 0.3) is 11.3 Å². The molecule has 0 fully saturated rings. The lowest BCUT2D eigenvalue weighted by molar-refractivity contribution is 0.0785. The number of amides is 1. The number of hydrogen-bond acceptors (Lipinski definition) is 4. The Hall–Kier alpha value is -3.67. The van der Waals surface area contributed by atoms with Gasteiger partial charge in [0.05, 0.1) is 24.3 Å². The van der Waals surface area contributed by atoms with Crippen LogP contribution in [0.5, 0.6) is 0 Å². The van der Waals surface area contributed by atoms with Gasteiger partial charge in [0.25, 0.3) is 5.91 Å². The van der Waals surface area contributed by atoms with E-state index in [0.29, 0.717) is 24.3 Å². The van der Waals surface area contributed by atoms with Gasteiger partial charge in [-0.25, -0.2) is 0 Å². The first-order chi connectivity index (χ1) is 14.9. The van der Waals surface area contributed by atoms with Gasteiger partial charge in [-0.2, -0.15) is 5.10 Å². The molecular weight excluding hydrogens is 388 g/mol. The van der Waals surface area contributed by atoms with E-state index in [0.717, 1.165) is 33.7 Å². The zero-order valence-electron chi connectivity index (χ0n) is 18.3. The molecule has 4 aromatic rings. The van der Waals surface area contributed by atoms with Gasteiger partial charge in [-0.3, -0.25) is 9.48 Å². The van der Waals surface area contributed by atoms with Gasteiger partial charge in [-0.15, -0.1) is 0 Å². The summed E-state index contributed by atoms with van der Waals surface area (Å²) in [5.74, 6) is 0.644. The van der Waals surface area contributed by atoms with E-state index in [9.17, 15) is 4.79 Å². The number of aromatic nitrogens is 3. The summed E-state index contributed by atoms with van der Waals surface area (Å²) in [6, 6.07) is 18.2. The molecule has 2 heterocycles. The number of carbonyl (C=O) groups excluding carboxylic acids is 1. The number of carbonyl (C=O) groups is 1. The highest BCUT2D eigenvalue weighted by molar-refractivity contribution is 5.99. The fourth-order valence-electron chi connectivity index (χ4n) is 3.60. The van der Waals surface area contributed by atoms with Crippen LogP contribution in [0, 0.1) is 20.8 Å². The Morgan fingerprint density at radius 3 is 2.39 bits per heavy atom. The van der Waals surface area contributed by atoms with Crippen LogP contribution >= 0.6 is 0 Å². The van der Waals surface area contributed by atoms with Crippen molar-refractivity contribution in [2.24, 2.45) is 0 Å². The maximum atomic E-state index is 13.4. The Morgan fingerprint density at radius 1 is 1.03 bits per heavy atom. The van der Waals surface area contributed by atoms with Gasteiger partial charge in [0.2, 0.25) is 0 Å². The molecule has 0 saturated heterocycles. The van der Waals surface area contributed by atoms with Crippen LogP contribution in [0.3, 0.4) is 0 Å². The summed E-state index contributed by atoms with van der Waals surface area (Å²) in [5.41, 5.74) is 6.21. The van der Waals surface area contributed by atoms with Crippen molar-refractivity contribution in [3.63, 3.8) is 0 Å². The van der Waals surface area contributed by atoms with Gasteiger partial charge in [0.15, 0.2) is 0 Å². The Morgan fingerprint density at radius 2 is 1.74 bits per heavy atom. The molecule has 158 valence electrons. The third-order valence-corrected chi connectivity index (χ3v) is 5.43. The maximum Gasteiger partial charge on any atom is 0.257 e. The topological polar surface area (TPSA) is 64.2 Å². The van der Waals surface area contributed by atoms with Crippen LogP contribution < -0.4 is 0 Å². The van der Waals surface area contributed by atoms with E-state index in [-0.39, 0.29) is 5.91 Å². The summed E-state index contributed by atoms with van der Waals surface area (Å²) < 4.78 is 7.09. The van der Waals surface area contributed by atoms with E-state index in [4.69, 9.17) is 9.62 Å². The number of rotatable bonds is 6. The van der Waals surface area contributed by atoms with E-state index in [1.807, 2.05) is 74.1 Å². The molecule has 6 nitrogen and oxygen atoms in total. The van der Waals surface area contributed by atoms with Crippen LogP contribution in [0.2, 0.25) is 0 Å². The Labute approximate surface area is 182 Å². The lowest BCUT2D eigenvalue weighted by Crippen LogP contribution is -2.26. The third-order valence-electron chi connectivity index (χ3n) is 5.43. The Bertz CT molecular complexity index is 1170. The molecule has 0 radical (unpaired) electrons. The highest BCUT2D eigenvalue weighted by Gasteiger charge is 2.23. The van der Waals surface area contributed by atoms with Crippen LogP contribution in [-0.4, -0.2) is 32.8 Å². The minimum absolute atomic E-state index is 0.0881. The van der Waals surface area contributed by atoms with E-state index < -0.39 is 0 Å². The molecule has 0 atom stereocenters. The maximum absolute atomic E-state index is 13.4. The second-order valence-electron chi connectivity index (χ2n) is 7.90. The van der Waals surface area contributed by atoms with Crippen molar-refractivity contribution in [2.75, 3.05) is 7.05 Å². The SMILES string of the molecule is Cc1ccc(-c2nn(Cc3ccccc3)cc2C(=O)N(C)Cc2c(C)noc2C)cc1. The first-order valence-electron chi connectivity index (χ1n) is 10.3. The highest BCUT2D eigenvalue weighted by Crippen LogP contribution is 2.25. The van der Waals surface area contributed by atoms with Crippen molar-refractivity contribution >= 4 is 5.91 Å². The first-order valence-corrected chi connectivity index (χ1v) is 10.3. The number of aryl methyl sites for hydroxylation is 3. The molecule has 0 N–H and O–H groups in total. The Balaban J connectivity index is 1.68. The quantitative estimate of drug-likeness (QED) is 0.455. The van der Waals surface area contributed by atoms with E-state index in [2.05, 4.69) is 17.3 Å². The monoisotopic (exact) mass is 414 g/mol. The fourth-order valence-corrected chi connectivity index (χ4v) is 3.60. The normalized spacial score (nSPS) is 11.0. The van der Waals surface area contributed by atoms with Crippen molar-refractivity contribution in [3.8, 4) is 11.3 Å². The van der Waals surface area contributed by atoms with E-state index in [1.54, 1.807) is 11.9 Å². The van der Waals surface area contributed by atoms with Gasteiger partial charge in [-0.1, -0.05) is 65.3 Å². The summed E-state index contributed by atoms with van der Waals surface area (Å²) in [4.78, 5) is 15.1. The molecule has 0 saturated carbocycles. The van der Waals surface area contributed by atoms with Crippen molar-refractivity contribution < 1.29 is 9.32 Å². The summed E-state index contributed by atoms with van der Waals surface area (Å²) in [5, 5.41) is 8.78. The average molecular weight is 415 g/mol. The van der Waals surface area contributed by atoms with Gasteiger partial charge in [0, 0.05) is 24.4 Å². The molecular formula is C25H26N4O2. The molecule has 2 aromatic carbocycles. The second-order valence-corrected chi connectivity index (χ2v) is 7.90. The zero-order valence-corrected chi connectivity index (χ0v) is 18.3. The molecule has 2 aromatic heterocycles. The predicted molar refractivity (Wildman–Crippen MR) is 120 cm³/mol. The highest BCUT2D eigenvalue weighted by atomic mass is 16.5. The summed E-state index contributed by atoms with van der Waals surface area (Å²) in [6.45, 7) is 6.82. The number of nitrogens with zero attached hydrogens (tertiary/aromatic N) is 4. The average Bonchev–Trinajstić information content (AvgIpc) is 3.33. The molecule has 0 unspecified atom stereocenters. The summed E-state index contributed by atoms with van der Waals surface area (Å²) in [6.07, 6.45) is 1.84. The van der Waals surface area contributed by atoms with Crippen molar-refractivity contribution in [1.29, 1.82) is 0 Å². The van der Waals surface area contributed by atoms with Crippen LogP contribution in [0.1, 0.15) is 38.5 Å². The molecule has 6 heteroatoms. The summed E-state index contributed by atoms with van der Waals surface area (Å²) in [7, 11) is 1.79. The lowest BCUT2D eigenvalue weighted by Gasteiger charge is -2.17.